The molecule has 0 fully saturated rings. The van der Waals surface area contributed by atoms with Crippen molar-refractivity contribution in [3.05, 3.63) is 12.4 Å². The summed E-state index contributed by atoms with van der Waals surface area (Å²) in [6.45, 7) is 2.35. The number of ether oxygens (including phenoxy) is 1. The molecular weight excluding hydrogens is 196 g/mol. The second-order valence-electron chi connectivity index (χ2n) is 3.10. The SMILES string of the molecule is COC(=O)CCNCCCn1ccnn1. The molecule has 0 spiro atoms. The number of carbonyl (C=O) groups is 1. The smallest absolute Gasteiger partial charge is 0.306 e. The van der Waals surface area contributed by atoms with E-state index in [4.69, 9.17) is 0 Å². The highest BCUT2D eigenvalue weighted by atomic mass is 16.5. The van der Waals surface area contributed by atoms with Crippen molar-refractivity contribution >= 4 is 5.97 Å². The van der Waals surface area contributed by atoms with E-state index < -0.39 is 0 Å². The Morgan fingerprint density at radius 3 is 3.07 bits per heavy atom. The fraction of sp³-hybridized carbons (Fsp3) is 0.667. The van der Waals surface area contributed by atoms with E-state index in [0.717, 1.165) is 19.5 Å². The summed E-state index contributed by atoms with van der Waals surface area (Å²) < 4.78 is 6.29. The molecule has 1 aromatic rings. The van der Waals surface area contributed by atoms with Crippen LogP contribution in [0.25, 0.3) is 0 Å². The van der Waals surface area contributed by atoms with Crippen LogP contribution >= 0.6 is 0 Å². The molecule has 0 amide bonds. The lowest BCUT2D eigenvalue weighted by atomic mass is 10.4. The van der Waals surface area contributed by atoms with E-state index in [2.05, 4.69) is 20.4 Å². The summed E-state index contributed by atoms with van der Waals surface area (Å²) in [5.74, 6) is -0.182. The number of nitrogens with zero attached hydrogens (tertiary/aromatic N) is 3. The zero-order valence-electron chi connectivity index (χ0n) is 8.85. The molecule has 1 rings (SSSR count). The Hall–Kier alpha value is -1.43. The molecule has 0 aliphatic heterocycles. The van der Waals surface area contributed by atoms with Gasteiger partial charge in [-0.1, -0.05) is 5.21 Å². The van der Waals surface area contributed by atoms with Gasteiger partial charge in [0.05, 0.1) is 19.7 Å². The first kappa shape index (κ1) is 11.6. The number of aryl methyl sites for hydroxylation is 1. The van der Waals surface area contributed by atoms with Crippen molar-refractivity contribution in [2.24, 2.45) is 0 Å². The molecule has 0 saturated heterocycles. The lowest BCUT2D eigenvalue weighted by molar-refractivity contribution is -0.140. The third-order valence-corrected chi connectivity index (χ3v) is 1.95. The van der Waals surface area contributed by atoms with Crippen LogP contribution in [0.15, 0.2) is 12.4 Å². The first-order chi connectivity index (χ1) is 7.33. The third-order valence-electron chi connectivity index (χ3n) is 1.95. The quantitative estimate of drug-likeness (QED) is 0.501. The van der Waals surface area contributed by atoms with Crippen molar-refractivity contribution in [1.29, 1.82) is 0 Å². The number of esters is 1. The number of hydrogen-bond acceptors (Lipinski definition) is 5. The van der Waals surface area contributed by atoms with Gasteiger partial charge in [-0.05, 0) is 13.0 Å². The molecule has 6 heteroatoms. The summed E-state index contributed by atoms with van der Waals surface area (Å²) >= 11 is 0. The minimum absolute atomic E-state index is 0.182. The molecule has 15 heavy (non-hydrogen) atoms. The van der Waals surface area contributed by atoms with Gasteiger partial charge in [0.15, 0.2) is 0 Å². The maximum atomic E-state index is 10.7. The molecule has 0 aromatic carbocycles. The summed E-state index contributed by atoms with van der Waals surface area (Å²) in [4.78, 5) is 10.7. The Bertz CT molecular complexity index is 274. The van der Waals surface area contributed by atoms with Gasteiger partial charge in [0, 0.05) is 19.3 Å². The summed E-state index contributed by atoms with van der Waals surface area (Å²) in [6.07, 6.45) is 4.86. The Kier molecular flexibility index (Phi) is 5.39. The van der Waals surface area contributed by atoms with Gasteiger partial charge in [-0.25, -0.2) is 0 Å². The van der Waals surface area contributed by atoms with Crippen LogP contribution in [0.5, 0.6) is 0 Å². The number of hydrogen-bond donors (Lipinski definition) is 1. The van der Waals surface area contributed by atoms with Crippen LogP contribution in [0.4, 0.5) is 0 Å². The van der Waals surface area contributed by atoms with Crippen molar-refractivity contribution in [2.75, 3.05) is 20.2 Å². The molecule has 1 aromatic heterocycles. The first-order valence-electron chi connectivity index (χ1n) is 4.94. The molecule has 0 aliphatic carbocycles. The molecular formula is C9H16N4O2. The van der Waals surface area contributed by atoms with E-state index in [0.29, 0.717) is 13.0 Å². The van der Waals surface area contributed by atoms with Crippen molar-refractivity contribution < 1.29 is 9.53 Å². The summed E-state index contributed by atoms with van der Waals surface area (Å²) in [7, 11) is 1.40. The second-order valence-corrected chi connectivity index (χ2v) is 3.10. The van der Waals surface area contributed by atoms with E-state index in [-0.39, 0.29) is 5.97 Å². The molecule has 1 heterocycles. The Morgan fingerprint density at radius 1 is 1.53 bits per heavy atom. The van der Waals surface area contributed by atoms with Crippen LogP contribution in [0.1, 0.15) is 12.8 Å². The fourth-order valence-corrected chi connectivity index (χ4v) is 1.14. The second kappa shape index (κ2) is 6.94. The van der Waals surface area contributed by atoms with Gasteiger partial charge in [0.25, 0.3) is 0 Å². The van der Waals surface area contributed by atoms with Gasteiger partial charge < -0.3 is 10.1 Å². The molecule has 0 atom stereocenters. The third kappa shape index (κ3) is 5.11. The molecule has 1 N–H and O–H groups in total. The molecule has 0 radical (unpaired) electrons. The van der Waals surface area contributed by atoms with E-state index in [9.17, 15) is 4.79 Å². The van der Waals surface area contributed by atoms with E-state index in [1.807, 2.05) is 6.20 Å². The van der Waals surface area contributed by atoms with Crippen LogP contribution in [0, 0.1) is 0 Å². The first-order valence-corrected chi connectivity index (χ1v) is 4.94. The number of carbonyl (C=O) groups excluding carboxylic acids is 1. The summed E-state index contributed by atoms with van der Waals surface area (Å²) in [5.41, 5.74) is 0. The largest absolute Gasteiger partial charge is 0.469 e. The van der Waals surface area contributed by atoms with E-state index >= 15 is 0 Å². The van der Waals surface area contributed by atoms with Crippen molar-refractivity contribution in [3.8, 4) is 0 Å². The van der Waals surface area contributed by atoms with Crippen LogP contribution in [0.2, 0.25) is 0 Å². The molecule has 84 valence electrons. The van der Waals surface area contributed by atoms with Crippen molar-refractivity contribution in [3.63, 3.8) is 0 Å². The van der Waals surface area contributed by atoms with Gasteiger partial charge in [0.2, 0.25) is 0 Å². The highest BCUT2D eigenvalue weighted by Gasteiger charge is 1.98. The van der Waals surface area contributed by atoms with Crippen molar-refractivity contribution in [1.82, 2.24) is 20.3 Å². The summed E-state index contributed by atoms with van der Waals surface area (Å²) in [6, 6.07) is 0. The van der Waals surface area contributed by atoms with Gasteiger partial charge in [-0.15, -0.1) is 5.10 Å². The Morgan fingerprint density at radius 2 is 2.40 bits per heavy atom. The predicted molar refractivity (Wildman–Crippen MR) is 54.1 cm³/mol. The molecule has 0 bridgehead atoms. The Balaban J connectivity index is 1.91. The zero-order chi connectivity index (χ0) is 10.9. The number of aromatic nitrogens is 3. The number of methoxy groups -OCH3 is 1. The summed E-state index contributed by atoms with van der Waals surface area (Å²) in [5, 5.41) is 10.7. The van der Waals surface area contributed by atoms with Crippen LogP contribution < -0.4 is 5.32 Å². The van der Waals surface area contributed by atoms with Crippen LogP contribution in [0.3, 0.4) is 0 Å². The highest BCUT2D eigenvalue weighted by Crippen LogP contribution is 1.86. The predicted octanol–water partition coefficient (Wildman–Crippen LogP) is -0.179. The molecule has 0 aliphatic rings. The molecule has 0 unspecified atom stereocenters. The van der Waals surface area contributed by atoms with Crippen LogP contribution in [-0.4, -0.2) is 41.2 Å². The zero-order valence-corrected chi connectivity index (χ0v) is 8.85. The van der Waals surface area contributed by atoms with Gasteiger partial charge in [0.1, 0.15) is 0 Å². The minimum Gasteiger partial charge on any atom is -0.469 e. The minimum atomic E-state index is -0.182. The fourth-order valence-electron chi connectivity index (χ4n) is 1.14. The lowest BCUT2D eigenvalue weighted by Gasteiger charge is -2.03. The number of nitrogens with one attached hydrogen (secondary N) is 1. The normalized spacial score (nSPS) is 10.2. The lowest BCUT2D eigenvalue weighted by Crippen LogP contribution is -2.21. The van der Waals surface area contributed by atoms with E-state index in [1.54, 1.807) is 10.9 Å². The number of rotatable bonds is 7. The van der Waals surface area contributed by atoms with Crippen molar-refractivity contribution in [2.45, 2.75) is 19.4 Å². The topological polar surface area (TPSA) is 69.0 Å². The standard InChI is InChI=1S/C9H16N4O2/c1-15-9(14)3-5-10-4-2-7-13-8-6-11-12-13/h6,8,10H,2-5,7H2,1H3. The average molecular weight is 212 g/mol. The van der Waals surface area contributed by atoms with Gasteiger partial charge in [-0.2, -0.15) is 0 Å². The Labute approximate surface area is 88.6 Å². The highest BCUT2D eigenvalue weighted by molar-refractivity contribution is 5.69. The maximum absolute atomic E-state index is 10.7. The van der Waals surface area contributed by atoms with Crippen LogP contribution in [-0.2, 0) is 16.1 Å². The average Bonchev–Trinajstić information content (AvgIpc) is 2.75. The van der Waals surface area contributed by atoms with Gasteiger partial charge >= 0.3 is 5.97 Å². The monoisotopic (exact) mass is 212 g/mol. The molecule has 6 nitrogen and oxygen atoms in total. The van der Waals surface area contributed by atoms with E-state index in [1.165, 1.54) is 7.11 Å². The molecule has 0 saturated carbocycles. The van der Waals surface area contributed by atoms with Gasteiger partial charge in [-0.3, -0.25) is 9.48 Å². The maximum Gasteiger partial charge on any atom is 0.306 e.